The zero-order chi connectivity index (χ0) is 25.6. The summed E-state index contributed by atoms with van der Waals surface area (Å²) in [6.45, 7) is 0.528. The van der Waals surface area contributed by atoms with Crippen LogP contribution in [0.25, 0.3) is 10.9 Å². The van der Waals surface area contributed by atoms with E-state index in [0.717, 1.165) is 0 Å². The molecule has 0 bridgehead atoms. The van der Waals surface area contributed by atoms with Gasteiger partial charge in [-0.25, -0.2) is 8.78 Å². The van der Waals surface area contributed by atoms with Crippen LogP contribution < -0.4 is 15.4 Å². The second kappa shape index (κ2) is 9.08. The fourth-order valence-corrected chi connectivity index (χ4v) is 5.97. The van der Waals surface area contributed by atoms with E-state index in [-0.39, 0.29) is 24.6 Å². The number of fused-ring (bicyclic) bond motifs is 2. The molecule has 2 saturated heterocycles. The topological polar surface area (TPSA) is 127 Å². The van der Waals surface area contributed by atoms with E-state index in [1.165, 1.54) is 12.0 Å². The SMILES string of the molecule is COc1cccc2[nH]c(C(=O)N3C[C@@H]4CC(F)(F)C[C@@H]4[C@H]3C(=O)N[C@@H](C#N)C[C@H]3CCNC3=O)cc12. The lowest BCUT2D eigenvalue weighted by atomic mass is 9.92. The van der Waals surface area contributed by atoms with Crippen molar-refractivity contribution in [2.75, 3.05) is 20.2 Å². The lowest BCUT2D eigenvalue weighted by molar-refractivity contribution is -0.127. The van der Waals surface area contributed by atoms with Gasteiger partial charge in [0.15, 0.2) is 0 Å². The first-order chi connectivity index (χ1) is 17.2. The van der Waals surface area contributed by atoms with Gasteiger partial charge >= 0.3 is 0 Å². The number of aromatic amines is 1. The van der Waals surface area contributed by atoms with Crippen molar-refractivity contribution in [3.05, 3.63) is 30.0 Å². The number of likely N-dealkylation sites (tertiary alicyclic amines) is 1. The average molecular weight is 500 g/mol. The van der Waals surface area contributed by atoms with Crippen molar-refractivity contribution in [3.63, 3.8) is 0 Å². The molecule has 3 heterocycles. The Bertz CT molecular complexity index is 1250. The van der Waals surface area contributed by atoms with Crippen LogP contribution in [0.2, 0.25) is 0 Å². The number of nitriles is 1. The number of H-pyrrole nitrogens is 1. The van der Waals surface area contributed by atoms with Gasteiger partial charge < -0.3 is 25.3 Å². The molecule has 0 spiro atoms. The number of benzene rings is 1. The Morgan fingerprint density at radius 1 is 1.36 bits per heavy atom. The molecular formula is C25H27F2N5O4. The molecule has 0 radical (unpaired) electrons. The van der Waals surface area contributed by atoms with Crippen molar-refractivity contribution in [1.29, 1.82) is 5.26 Å². The Morgan fingerprint density at radius 3 is 2.86 bits per heavy atom. The van der Waals surface area contributed by atoms with Crippen LogP contribution in [0.1, 0.15) is 36.2 Å². The highest BCUT2D eigenvalue weighted by Gasteiger charge is 2.58. The molecule has 1 aliphatic carbocycles. The number of alkyl halides is 2. The number of hydrogen-bond donors (Lipinski definition) is 3. The summed E-state index contributed by atoms with van der Waals surface area (Å²) in [6, 6.07) is 6.84. The Labute approximate surface area is 206 Å². The summed E-state index contributed by atoms with van der Waals surface area (Å²) >= 11 is 0. The largest absolute Gasteiger partial charge is 0.496 e. The molecule has 1 aromatic heterocycles. The van der Waals surface area contributed by atoms with Gasteiger partial charge in [-0.2, -0.15) is 5.26 Å². The Kier molecular flexibility index (Phi) is 6.06. The van der Waals surface area contributed by atoms with Crippen LogP contribution in [0.4, 0.5) is 8.78 Å². The first kappa shape index (κ1) is 24.0. The second-order valence-electron chi connectivity index (χ2n) is 9.90. The third-order valence-corrected chi connectivity index (χ3v) is 7.63. The predicted octanol–water partition coefficient (Wildman–Crippen LogP) is 2.20. The Hall–Kier alpha value is -3.68. The van der Waals surface area contributed by atoms with Crippen molar-refractivity contribution in [2.45, 2.75) is 43.7 Å². The number of nitrogens with one attached hydrogen (secondary N) is 3. The highest BCUT2D eigenvalue weighted by Crippen LogP contribution is 2.50. The van der Waals surface area contributed by atoms with Gasteiger partial charge in [0.2, 0.25) is 17.7 Å². The number of carbonyl (C=O) groups excluding carboxylic acids is 3. The molecule has 0 unspecified atom stereocenters. The van der Waals surface area contributed by atoms with Crippen molar-refractivity contribution in [1.82, 2.24) is 20.5 Å². The van der Waals surface area contributed by atoms with Gasteiger partial charge in [-0.05, 0) is 42.9 Å². The maximum atomic E-state index is 14.3. The number of halogens is 2. The third-order valence-electron chi connectivity index (χ3n) is 7.63. The van der Waals surface area contributed by atoms with Crippen LogP contribution in [0.5, 0.6) is 5.75 Å². The molecule has 3 fully saturated rings. The summed E-state index contributed by atoms with van der Waals surface area (Å²) in [4.78, 5) is 43.3. The number of rotatable bonds is 6. The maximum Gasteiger partial charge on any atom is 0.271 e. The van der Waals surface area contributed by atoms with Gasteiger partial charge in [0.25, 0.3) is 5.91 Å². The lowest BCUT2D eigenvalue weighted by Crippen LogP contribution is -2.51. The standard InChI is InChI=1S/C25H27F2N5O4/c1-36-20-4-2-3-18-16(20)8-19(31-18)24(35)32-12-14-9-25(26,27)10-17(14)21(32)23(34)30-15(11-28)7-13-5-6-29-22(13)33/h2-4,8,13-15,17,21,31H,5-7,9-10,12H2,1H3,(H,29,33)(H,30,34)/t13-,14+,15-,17+,21+/m1/s1. The van der Waals surface area contributed by atoms with Crippen molar-refractivity contribution in [3.8, 4) is 11.8 Å². The number of ether oxygens (including phenoxy) is 1. The second-order valence-corrected chi connectivity index (χ2v) is 9.90. The van der Waals surface area contributed by atoms with E-state index in [1.54, 1.807) is 24.3 Å². The molecule has 3 N–H and O–H groups in total. The number of carbonyl (C=O) groups is 3. The zero-order valence-electron chi connectivity index (χ0n) is 19.7. The van der Waals surface area contributed by atoms with Crippen LogP contribution in [-0.2, 0) is 9.59 Å². The number of hydrogen-bond acceptors (Lipinski definition) is 5. The minimum Gasteiger partial charge on any atom is -0.496 e. The van der Waals surface area contributed by atoms with Gasteiger partial charge in [-0.3, -0.25) is 14.4 Å². The van der Waals surface area contributed by atoms with E-state index in [9.17, 15) is 28.4 Å². The molecule has 3 amide bonds. The summed E-state index contributed by atoms with van der Waals surface area (Å²) in [5.41, 5.74) is 0.891. The average Bonchev–Trinajstić information content (AvgIpc) is 3.59. The Morgan fingerprint density at radius 2 is 2.17 bits per heavy atom. The van der Waals surface area contributed by atoms with Crippen LogP contribution in [-0.4, -0.2) is 65.8 Å². The lowest BCUT2D eigenvalue weighted by Gasteiger charge is -2.28. The molecule has 9 nitrogen and oxygen atoms in total. The van der Waals surface area contributed by atoms with Gasteiger partial charge in [-0.15, -0.1) is 0 Å². The molecule has 1 aromatic carbocycles. The van der Waals surface area contributed by atoms with Gasteiger partial charge in [0.1, 0.15) is 23.5 Å². The smallest absolute Gasteiger partial charge is 0.271 e. The van der Waals surface area contributed by atoms with Gasteiger partial charge in [0.05, 0.1) is 13.2 Å². The molecular weight excluding hydrogens is 472 g/mol. The highest BCUT2D eigenvalue weighted by atomic mass is 19.3. The normalized spacial score (nSPS) is 27.4. The summed E-state index contributed by atoms with van der Waals surface area (Å²) in [5.74, 6) is -5.29. The van der Waals surface area contributed by atoms with Crippen LogP contribution in [0, 0.1) is 29.1 Å². The number of nitrogens with zero attached hydrogens (tertiary/aromatic N) is 2. The first-order valence-electron chi connectivity index (χ1n) is 12.0. The minimum absolute atomic E-state index is 0.0198. The number of amides is 3. The highest BCUT2D eigenvalue weighted by molar-refractivity contribution is 6.02. The molecule has 3 aliphatic rings. The van der Waals surface area contributed by atoms with Gasteiger partial charge in [-0.1, -0.05) is 6.07 Å². The van der Waals surface area contributed by atoms with E-state index < -0.39 is 60.4 Å². The molecule has 2 aliphatic heterocycles. The molecule has 2 aromatic rings. The third kappa shape index (κ3) is 4.25. The molecule has 190 valence electrons. The molecule has 5 atom stereocenters. The summed E-state index contributed by atoms with van der Waals surface area (Å²) in [7, 11) is 1.52. The quantitative estimate of drug-likeness (QED) is 0.562. The van der Waals surface area contributed by atoms with Crippen molar-refractivity contribution < 1.29 is 27.9 Å². The number of methoxy groups -OCH3 is 1. The Balaban J connectivity index is 1.40. The molecule has 5 rings (SSSR count). The first-order valence-corrected chi connectivity index (χ1v) is 12.0. The number of aromatic nitrogens is 1. The monoisotopic (exact) mass is 499 g/mol. The zero-order valence-corrected chi connectivity index (χ0v) is 19.7. The van der Waals surface area contributed by atoms with E-state index in [0.29, 0.717) is 29.6 Å². The van der Waals surface area contributed by atoms with E-state index >= 15 is 0 Å². The van der Waals surface area contributed by atoms with E-state index in [2.05, 4.69) is 15.6 Å². The van der Waals surface area contributed by atoms with E-state index in [1.807, 2.05) is 6.07 Å². The van der Waals surface area contributed by atoms with Crippen molar-refractivity contribution in [2.24, 2.45) is 17.8 Å². The predicted molar refractivity (Wildman–Crippen MR) is 124 cm³/mol. The summed E-state index contributed by atoms with van der Waals surface area (Å²) < 4.78 is 33.9. The van der Waals surface area contributed by atoms with Gasteiger partial charge in [0, 0.05) is 42.8 Å². The van der Waals surface area contributed by atoms with Crippen LogP contribution >= 0.6 is 0 Å². The fourth-order valence-electron chi connectivity index (χ4n) is 5.97. The molecule has 36 heavy (non-hydrogen) atoms. The fraction of sp³-hybridized carbons (Fsp3) is 0.520. The summed E-state index contributed by atoms with van der Waals surface area (Å²) in [6.07, 6.45) is -0.208. The van der Waals surface area contributed by atoms with E-state index in [4.69, 9.17) is 4.74 Å². The maximum absolute atomic E-state index is 14.3. The van der Waals surface area contributed by atoms with Crippen molar-refractivity contribution >= 4 is 28.6 Å². The van der Waals surface area contributed by atoms with Crippen LogP contribution in [0.3, 0.4) is 0 Å². The molecule has 1 saturated carbocycles. The minimum atomic E-state index is -2.91. The summed E-state index contributed by atoms with van der Waals surface area (Å²) in [5, 5.41) is 15.6. The molecule has 11 heteroatoms. The van der Waals surface area contributed by atoms with Crippen LogP contribution in [0.15, 0.2) is 24.3 Å².